The monoisotopic (exact) mass is 543 g/mol. The summed E-state index contributed by atoms with van der Waals surface area (Å²) in [4.78, 5) is 11.7. The Bertz CT molecular complexity index is 450. The third kappa shape index (κ3) is 10.8. The molecule has 2 N–H and O–H groups in total. The molecule has 138 valence electrons. The molecule has 0 heterocycles. The van der Waals surface area contributed by atoms with Gasteiger partial charge in [-0.3, -0.25) is 10.0 Å². The maximum Gasteiger partial charge on any atom is 4.00 e. The largest absolute Gasteiger partial charge is 4.00 e. The number of hydroxylamine groups is 1. The van der Waals surface area contributed by atoms with Gasteiger partial charge in [0.05, 0.1) is 0 Å². The minimum absolute atomic E-state index is 0. The maximum absolute atomic E-state index is 11.7. The molecule has 0 spiro atoms. The van der Waals surface area contributed by atoms with Crippen molar-refractivity contribution in [2.24, 2.45) is 0 Å². The van der Waals surface area contributed by atoms with Crippen LogP contribution in [-0.2, 0) is 12.8 Å². The number of hydrogen-bond acceptors (Lipinski definition) is 2. The second kappa shape index (κ2) is 20.2. The summed E-state index contributed by atoms with van der Waals surface area (Å²) in [6.07, 6.45) is 5.88. The zero-order valence-corrected chi connectivity index (χ0v) is 20.3. The van der Waals surface area contributed by atoms with E-state index in [1.54, 1.807) is 17.6 Å². The number of carbonyl (C=O) groups is 1. The second-order valence-corrected chi connectivity index (χ2v) is 5.11. The molecule has 9 heteroatoms. The molecule has 0 atom stereocenters. The molecular weight excluding hydrogens is 522 g/mol. The van der Waals surface area contributed by atoms with Gasteiger partial charge in [-0.15, -0.1) is 0 Å². The topological polar surface area (TPSA) is 49.3 Å². The van der Waals surface area contributed by atoms with Crippen molar-refractivity contribution in [2.75, 3.05) is 0 Å². The number of amides is 1. The van der Waals surface area contributed by atoms with E-state index < -0.39 is 5.91 Å². The van der Waals surface area contributed by atoms with Crippen molar-refractivity contribution in [1.29, 1.82) is 0 Å². The standard InChI is InChI=1S/C15H22ClNO2.4ClH.Sn/c1-3-5-7-11-12(8-6-4-2)14(16)10-9-13(11)15(18)17-19;;;;;/h9-10,19H,3-8H2,1-2H3,(H,17,18);4*1H;/q;;;;;+4/p-4. The van der Waals surface area contributed by atoms with Gasteiger partial charge in [0.25, 0.3) is 5.91 Å². The van der Waals surface area contributed by atoms with Crippen LogP contribution in [0.1, 0.15) is 61.0 Å². The van der Waals surface area contributed by atoms with E-state index in [1.807, 2.05) is 0 Å². The molecule has 0 bridgehead atoms. The summed E-state index contributed by atoms with van der Waals surface area (Å²) < 4.78 is 0. The quantitative estimate of drug-likeness (QED) is 0.204. The van der Waals surface area contributed by atoms with Crippen LogP contribution >= 0.6 is 11.6 Å². The van der Waals surface area contributed by atoms with Crippen molar-refractivity contribution in [3.63, 3.8) is 0 Å². The summed E-state index contributed by atoms with van der Waals surface area (Å²) in [7, 11) is 0. The van der Waals surface area contributed by atoms with Crippen molar-refractivity contribution >= 4 is 41.4 Å². The maximum atomic E-state index is 11.7. The molecule has 0 fully saturated rings. The third-order valence-corrected chi connectivity index (χ3v) is 3.63. The minimum atomic E-state index is -0.458. The van der Waals surface area contributed by atoms with Gasteiger partial charge in [-0.1, -0.05) is 38.3 Å². The summed E-state index contributed by atoms with van der Waals surface area (Å²) in [5.74, 6) is -0.458. The van der Waals surface area contributed by atoms with Gasteiger partial charge in [-0.05, 0) is 48.9 Å². The van der Waals surface area contributed by atoms with Crippen LogP contribution < -0.4 is 55.1 Å². The van der Waals surface area contributed by atoms with Crippen LogP contribution in [0.4, 0.5) is 0 Å². The number of benzene rings is 1. The molecule has 0 aromatic heterocycles. The predicted molar refractivity (Wildman–Crippen MR) is 83.7 cm³/mol. The molecule has 0 saturated carbocycles. The number of rotatable bonds is 7. The molecular formula is C15H22Cl5NO2Sn. The Balaban J connectivity index is -0.000000241. The van der Waals surface area contributed by atoms with E-state index in [1.165, 1.54) is 0 Å². The molecule has 0 aliphatic rings. The van der Waals surface area contributed by atoms with Gasteiger partial charge in [-0.2, -0.15) is 0 Å². The van der Waals surface area contributed by atoms with Gasteiger partial charge in [0.1, 0.15) is 0 Å². The van der Waals surface area contributed by atoms with Crippen LogP contribution in [0, 0.1) is 0 Å². The molecule has 1 amide bonds. The number of hydrogen-bond donors (Lipinski definition) is 2. The van der Waals surface area contributed by atoms with E-state index in [0.717, 1.165) is 49.7 Å². The van der Waals surface area contributed by atoms with Crippen molar-refractivity contribution in [1.82, 2.24) is 5.48 Å². The average molecular weight is 544 g/mol. The van der Waals surface area contributed by atoms with E-state index in [9.17, 15) is 4.79 Å². The molecule has 24 heavy (non-hydrogen) atoms. The Kier molecular flexibility index (Phi) is 30.2. The van der Waals surface area contributed by atoms with E-state index in [0.29, 0.717) is 10.6 Å². The van der Waals surface area contributed by atoms with Crippen molar-refractivity contribution in [3.05, 3.63) is 33.8 Å². The SMILES string of the molecule is CCCCc1c(Cl)ccc(C(=O)NO)c1CCCC.[Cl-].[Cl-].[Cl-].[Cl-].[Sn+4]. The van der Waals surface area contributed by atoms with Gasteiger partial charge in [0.2, 0.25) is 0 Å². The fourth-order valence-corrected chi connectivity index (χ4v) is 2.47. The van der Waals surface area contributed by atoms with Crippen molar-refractivity contribution < 1.29 is 59.6 Å². The normalized spacial score (nSPS) is 8.33. The number of carbonyl (C=O) groups excluding carboxylic acids is 1. The predicted octanol–water partition coefficient (Wildman–Crippen LogP) is -8.22. The molecule has 0 saturated heterocycles. The first kappa shape index (κ1) is 35.9. The summed E-state index contributed by atoms with van der Waals surface area (Å²) in [5.41, 5.74) is 4.29. The Morgan fingerprint density at radius 1 is 1.00 bits per heavy atom. The van der Waals surface area contributed by atoms with Crippen LogP contribution in [0.25, 0.3) is 0 Å². The Morgan fingerprint density at radius 2 is 1.46 bits per heavy atom. The number of unbranched alkanes of at least 4 members (excludes halogenated alkanes) is 2. The van der Waals surface area contributed by atoms with Gasteiger partial charge in [0, 0.05) is 10.6 Å². The molecule has 0 aliphatic carbocycles. The van der Waals surface area contributed by atoms with E-state index in [2.05, 4.69) is 13.8 Å². The van der Waals surface area contributed by atoms with Gasteiger partial charge in [-0.25, -0.2) is 5.48 Å². The Hall–Kier alpha value is 0.899. The van der Waals surface area contributed by atoms with Crippen molar-refractivity contribution in [3.8, 4) is 0 Å². The third-order valence-electron chi connectivity index (χ3n) is 3.28. The van der Waals surface area contributed by atoms with E-state index in [4.69, 9.17) is 16.8 Å². The molecule has 3 nitrogen and oxygen atoms in total. The van der Waals surface area contributed by atoms with Crippen LogP contribution in [0.3, 0.4) is 0 Å². The van der Waals surface area contributed by atoms with Crippen LogP contribution in [0.15, 0.2) is 12.1 Å². The van der Waals surface area contributed by atoms with E-state index in [-0.39, 0.29) is 73.5 Å². The molecule has 0 aliphatic heterocycles. The minimum Gasteiger partial charge on any atom is -1.00 e. The zero-order chi connectivity index (χ0) is 14.3. The molecule has 1 aromatic rings. The smallest absolute Gasteiger partial charge is 1.00 e. The molecule has 0 radical (unpaired) electrons. The summed E-state index contributed by atoms with van der Waals surface area (Å²) in [6, 6.07) is 3.43. The number of halogens is 5. The van der Waals surface area contributed by atoms with E-state index >= 15 is 0 Å². The fourth-order valence-electron chi connectivity index (χ4n) is 2.20. The van der Waals surface area contributed by atoms with Gasteiger partial charge in [0.15, 0.2) is 0 Å². The zero-order valence-electron chi connectivity index (χ0n) is 13.6. The molecule has 1 aromatic carbocycles. The molecule has 1 rings (SSSR count). The van der Waals surface area contributed by atoms with Gasteiger partial charge >= 0.3 is 23.9 Å². The Labute approximate surface area is 191 Å². The van der Waals surface area contributed by atoms with Crippen molar-refractivity contribution in [2.45, 2.75) is 52.4 Å². The summed E-state index contributed by atoms with van der Waals surface area (Å²) >= 11 is 6.27. The van der Waals surface area contributed by atoms with Gasteiger partial charge < -0.3 is 49.6 Å². The first-order valence-corrected chi connectivity index (χ1v) is 7.28. The number of nitrogens with one attached hydrogen (secondary N) is 1. The first-order chi connectivity index (χ1) is 9.15. The van der Waals surface area contributed by atoms with Crippen LogP contribution in [0.5, 0.6) is 0 Å². The average Bonchev–Trinajstić information content (AvgIpc) is 2.43. The molecule has 0 unspecified atom stereocenters. The summed E-state index contributed by atoms with van der Waals surface area (Å²) in [6.45, 7) is 4.24. The van der Waals surface area contributed by atoms with Crippen LogP contribution in [-0.4, -0.2) is 35.0 Å². The second-order valence-electron chi connectivity index (χ2n) is 4.70. The summed E-state index contributed by atoms with van der Waals surface area (Å²) in [5, 5.41) is 9.56. The first-order valence-electron chi connectivity index (χ1n) is 6.90. The fraction of sp³-hybridized carbons (Fsp3) is 0.533. The Morgan fingerprint density at radius 3 is 1.88 bits per heavy atom. The van der Waals surface area contributed by atoms with Crippen LogP contribution in [0.2, 0.25) is 5.02 Å².